The summed E-state index contributed by atoms with van der Waals surface area (Å²) in [5.74, 6) is 1.36. The maximum Gasteiger partial charge on any atom is 0.243 e. The fraction of sp³-hybridized carbons (Fsp3) is 0.867. The molecule has 1 amide bonds. The van der Waals surface area contributed by atoms with Crippen molar-refractivity contribution in [3.63, 3.8) is 0 Å². The lowest BCUT2D eigenvalue weighted by molar-refractivity contribution is -0.127. The van der Waals surface area contributed by atoms with Crippen LogP contribution in [0, 0.1) is 5.92 Å². The molecule has 1 aliphatic carbocycles. The van der Waals surface area contributed by atoms with Crippen LogP contribution in [0.2, 0.25) is 0 Å². The third kappa shape index (κ3) is 9.16. The number of hydrogen-bond acceptors (Lipinski definition) is 2. The Morgan fingerprint density at radius 1 is 1.24 bits per heavy atom. The molecule has 0 radical (unpaired) electrons. The third-order valence-electron chi connectivity index (χ3n) is 3.50. The molecule has 1 fully saturated rings. The summed E-state index contributed by atoms with van der Waals surface area (Å²) >= 11 is 0. The van der Waals surface area contributed by atoms with Crippen molar-refractivity contribution < 1.29 is 4.79 Å². The number of carbonyl (C=O) groups excluding carboxylic acids is 1. The molecule has 1 rings (SSSR count). The lowest BCUT2D eigenvalue weighted by Gasteiger charge is -2.25. The summed E-state index contributed by atoms with van der Waals surface area (Å²) in [6.07, 6.45) is 6.30. The van der Waals surface area contributed by atoms with Crippen molar-refractivity contribution in [1.82, 2.24) is 15.5 Å². The van der Waals surface area contributed by atoms with Crippen molar-refractivity contribution in [1.29, 1.82) is 0 Å². The molecule has 0 saturated heterocycles. The highest BCUT2D eigenvalue weighted by Crippen LogP contribution is 2.17. The number of nitrogens with zero attached hydrogens (tertiary/aromatic N) is 2. The first-order valence-corrected chi connectivity index (χ1v) is 7.74. The Hall–Kier alpha value is -0.530. The number of guanidine groups is 1. The molecule has 1 aliphatic rings. The third-order valence-corrected chi connectivity index (χ3v) is 3.50. The van der Waals surface area contributed by atoms with E-state index in [4.69, 9.17) is 0 Å². The lowest BCUT2D eigenvalue weighted by Crippen LogP contribution is -2.45. The molecule has 0 aromatic rings. The topological polar surface area (TPSA) is 56.7 Å². The minimum absolute atomic E-state index is 0. The molecule has 0 bridgehead atoms. The van der Waals surface area contributed by atoms with Crippen molar-refractivity contribution in [3.05, 3.63) is 0 Å². The predicted octanol–water partition coefficient (Wildman–Crippen LogP) is 2.22. The molecular weight excluding hydrogens is 379 g/mol. The number of hydrogen-bond donors (Lipinski definition) is 2. The zero-order valence-electron chi connectivity index (χ0n) is 13.8. The summed E-state index contributed by atoms with van der Waals surface area (Å²) in [5.41, 5.74) is 0. The molecule has 2 N–H and O–H groups in total. The van der Waals surface area contributed by atoms with Gasteiger partial charge in [0.15, 0.2) is 5.96 Å². The van der Waals surface area contributed by atoms with E-state index in [1.54, 1.807) is 19.0 Å². The number of carbonyl (C=O) groups is 1. The number of nitrogens with one attached hydrogen (secondary N) is 2. The van der Waals surface area contributed by atoms with Gasteiger partial charge in [0.1, 0.15) is 6.54 Å². The number of likely N-dealkylation sites (N-methyl/N-ethyl adjacent to an activating group) is 1. The Balaban J connectivity index is 0.00000400. The molecule has 0 spiro atoms. The van der Waals surface area contributed by atoms with E-state index in [0.29, 0.717) is 12.0 Å². The van der Waals surface area contributed by atoms with Crippen LogP contribution in [0.5, 0.6) is 0 Å². The van der Waals surface area contributed by atoms with Gasteiger partial charge in [-0.15, -0.1) is 24.0 Å². The second-order valence-electron chi connectivity index (χ2n) is 6.21. The summed E-state index contributed by atoms with van der Waals surface area (Å²) in [4.78, 5) is 17.6. The van der Waals surface area contributed by atoms with Gasteiger partial charge >= 0.3 is 0 Å². The Labute approximate surface area is 146 Å². The number of halogens is 1. The van der Waals surface area contributed by atoms with E-state index in [2.05, 4.69) is 29.5 Å². The zero-order valence-corrected chi connectivity index (χ0v) is 16.1. The monoisotopic (exact) mass is 410 g/mol. The van der Waals surface area contributed by atoms with Crippen LogP contribution in [-0.2, 0) is 4.79 Å². The summed E-state index contributed by atoms with van der Waals surface area (Å²) < 4.78 is 0. The average Bonchev–Trinajstić information content (AvgIpc) is 2.42. The highest BCUT2D eigenvalue weighted by atomic mass is 127. The standard InChI is InChI=1S/C15H30N4O.HI/c1-12(2)10-16-15(17-11-14(20)19(3)4)18-13-8-6-5-7-9-13;/h12-13H,5-11H2,1-4H3,(H2,16,17,18);1H. The van der Waals surface area contributed by atoms with Crippen LogP contribution in [0.1, 0.15) is 46.0 Å². The Kier molecular flexibility index (Phi) is 10.8. The van der Waals surface area contributed by atoms with Crippen LogP contribution >= 0.6 is 24.0 Å². The summed E-state index contributed by atoms with van der Waals surface area (Å²) in [5, 5.41) is 6.80. The van der Waals surface area contributed by atoms with E-state index in [-0.39, 0.29) is 36.4 Å². The second-order valence-corrected chi connectivity index (χ2v) is 6.21. The summed E-state index contributed by atoms with van der Waals surface area (Å²) in [6, 6.07) is 0.497. The van der Waals surface area contributed by atoms with Crippen LogP contribution < -0.4 is 10.6 Å². The van der Waals surface area contributed by atoms with Gasteiger partial charge in [0, 0.05) is 26.7 Å². The summed E-state index contributed by atoms with van der Waals surface area (Å²) in [7, 11) is 3.52. The molecule has 0 aliphatic heterocycles. The van der Waals surface area contributed by atoms with Gasteiger partial charge in [-0.3, -0.25) is 4.79 Å². The van der Waals surface area contributed by atoms with Crippen molar-refractivity contribution >= 4 is 35.8 Å². The number of aliphatic imine (C=N–C) groups is 1. The molecule has 0 heterocycles. The summed E-state index contributed by atoms with van der Waals surface area (Å²) in [6.45, 7) is 5.40. The smallest absolute Gasteiger partial charge is 0.243 e. The second kappa shape index (κ2) is 11.1. The van der Waals surface area contributed by atoms with E-state index in [0.717, 1.165) is 12.5 Å². The van der Waals surface area contributed by atoms with Crippen LogP contribution in [0.4, 0.5) is 0 Å². The van der Waals surface area contributed by atoms with Gasteiger partial charge in [-0.1, -0.05) is 33.1 Å². The predicted molar refractivity (Wildman–Crippen MR) is 99.3 cm³/mol. The van der Waals surface area contributed by atoms with Crippen molar-refractivity contribution in [2.24, 2.45) is 10.9 Å². The van der Waals surface area contributed by atoms with Crippen molar-refractivity contribution in [2.45, 2.75) is 52.0 Å². The molecule has 0 unspecified atom stereocenters. The first-order valence-electron chi connectivity index (χ1n) is 7.74. The van der Waals surface area contributed by atoms with Gasteiger partial charge < -0.3 is 15.5 Å². The van der Waals surface area contributed by atoms with Crippen LogP contribution in [0.15, 0.2) is 4.99 Å². The Morgan fingerprint density at radius 2 is 1.86 bits per heavy atom. The van der Waals surface area contributed by atoms with Gasteiger partial charge in [0.05, 0.1) is 0 Å². The maximum absolute atomic E-state index is 11.6. The first-order chi connectivity index (χ1) is 9.49. The van der Waals surface area contributed by atoms with E-state index < -0.39 is 0 Å². The molecule has 6 heteroatoms. The van der Waals surface area contributed by atoms with E-state index in [1.165, 1.54) is 32.1 Å². The van der Waals surface area contributed by atoms with Crippen LogP contribution in [-0.4, -0.2) is 50.0 Å². The molecule has 1 saturated carbocycles. The first kappa shape index (κ1) is 20.5. The maximum atomic E-state index is 11.6. The Bertz CT molecular complexity index is 326. The normalized spacial score (nSPS) is 16.3. The van der Waals surface area contributed by atoms with Gasteiger partial charge in [0.2, 0.25) is 5.91 Å². The SMILES string of the molecule is CC(C)CNC(=NCC(=O)N(C)C)NC1CCCCC1.I. The minimum atomic E-state index is 0. The molecular formula is C15H31IN4O. The molecule has 0 atom stereocenters. The highest BCUT2D eigenvalue weighted by Gasteiger charge is 2.15. The number of amides is 1. The molecule has 5 nitrogen and oxygen atoms in total. The Morgan fingerprint density at radius 3 is 2.38 bits per heavy atom. The molecule has 0 aromatic carbocycles. The molecule has 21 heavy (non-hydrogen) atoms. The van der Waals surface area contributed by atoms with Gasteiger partial charge in [0.25, 0.3) is 0 Å². The zero-order chi connectivity index (χ0) is 15.0. The molecule has 124 valence electrons. The van der Waals surface area contributed by atoms with Gasteiger partial charge in [-0.05, 0) is 18.8 Å². The average molecular weight is 410 g/mol. The van der Waals surface area contributed by atoms with E-state index in [9.17, 15) is 4.79 Å². The lowest BCUT2D eigenvalue weighted by atomic mass is 9.96. The fourth-order valence-corrected chi connectivity index (χ4v) is 2.18. The number of rotatable bonds is 5. The van der Waals surface area contributed by atoms with Crippen LogP contribution in [0.3, 0.4) is 0 Å². The van der Waals surface area contributed by atoms with Crippen molar-refractivity contribution in [2.75, 3.05) is 27.2 Å². The van der Waals surface area contributed by atoms with Crippen LogP contribution in [0.25, 0.3) is 0 Å². The minimum Gasteiger partial charge on any atom is -0.356 e. The quantitative estimate of drug-likeness (QED) is 0.415. The largest absolute Gasteiger partial charge is 0.356 e. The van der Waals surface area contributed by atoms with Gasteiger partial charge in [-0.2, -0.15) is 0 Å². The molecule has 0 aromatic heterocycles. The fourth-order valence-electron chi connectivity index (χ4n) is 2.18. The van der Waals surface area contributed by atoms with E-state index in [1.807, 2.05) is 0 Å². The van der Waals surface area contributed by atoms with Crippen molar-refractivity contribution in [3.8, 4) is 0 Å². The van der Waals surface area contributed by atoms with Gasteiger partial charge in [-0.25, -0.2) is 4.99 Å². The highest BCUT2D eigenvalue weighted by molar-refractivity contribution is 14.0. The van der Waals surface area contributed by atoms with E-state index >= 15 is 0 Å².